The van der Waals surface area contributed by atoms with Crippen molar-refractivity contribution >= 4 is 18.1 Å². The first-order valence-electron chi connectivity index (χ1n) is 12.2. The van der Waals surface area contributed by atoms with Crippen LogP contribution in [-0.2, 0) is 6.42 Å². The average Bonchev–Trinajstić information content (AvgIpc) is 3.39. The van der Waals surface area contributed by atoms with E-state index in [0.29, 0.717) is 30.3 Å². The van der Waals surface area contributed by atoms with Gasteiger partial charge in [-0.1, -0.05) is 12.1 Å². The number of fused-ring (bicyclic) bond motifs is 4. The molecule has 44 heavy (non-hydrogen) atoms. The number of hydrogen-bond acceptors (Lipinski definition) is 3. The molecule has 0 heterocycles. The summed E-state index contributed by atoms with van der Waals surface area (Å²) in [7, 11) is -2.61. The van der Waals surface area contributed by atoms with Gasteiger partial charge < -0.3 is 14.0 Å². The Morgan fingerprint density at radius 3 is 1.91 bits per heavy atom. The Labute approximate surface area is 239 Å². The Morgan fingerprint density at radius 1 is 0.500 bits per heavy atom. The minimum absolute atomic E-state index is 0.0799. The summed E-state index contributed by atoms with van der Waals surface area (Å²) in [5.41, 5.74) is -1.56. The first-order valence-corrected chi connectivity index (χ1v) is 12.2. The zero-order valence-electron chi connectivity index (χ0n) is 21.3. The van der Waals surface area contributed by atoms with Crippen LogP contribution in [0.5, 0.6) is 17.2 Å². The molecule has 0 aliphatic heterocycles. The second-order valence-electron chi connectivity index (χ2n) is 9.35. The van der Waals surface area contributed by atoms with Crippen molar-refractivity contribution in [2.45, 2.75) is 6.42 Å². The smallest absolute Gasteiger partial charge is 0.489 e. The second kappa shape index (κ2) is 10.6. The Bertz CT molecular complexity index is 2020. The summed E-state index contributed by atoms with van der Waals surface area (Å²) in [4.78, 5) is 0. The first kappa shape index (κ1) is 29.1. The Hall–Kier alpha value is -4.95. The van der Waals surface area contributed by atoms with E-state index in [-0.39, 0.29) is 5.56 Å². The molecule has 1 aliphatic rings. The highest BCUT2D eigenvalue weighted by Gasteiger charge is 2.40. The van der Waals surface area contributed by atoms with Gasteiger partial charge in [0, 0.05) is 28.5 Å². The molecule has 0 saturated carbocycles. The van der Waals surface area contributed by atoms with Crippen molar-refractivity contribution in [2.75, 3.05) is 0 Å². The number of halogens is 11. The summed E-state index contributed by atoms with van der Waals surface area (Å²) in [5.74, 6) is -22.9. The van der Waals surface area contributed by atoms with Crippen molar-refractivity contribution in [3.63, 3.8) is 0 Å². The van der Waals surface area contributed by atoms with E-state index >= 15 is 4.39 Å². The van der Waals surface area contributed by atoms with Gasteiger partial charge >= 0.3 is 7.32 Å². The lowest BCUT2D eigenvalue weighted by Gasteiger charge is -2.20. The fraction of sp³-hybridized carbons (Fsp3) is 0.0345. The van der Waals surface area contributed by atoms with Crippen molar-refractivity contribution in [3.05, 3.63) is 124 Å². The lowest BCUT2D eigenvalue weighted by Crippen LogP contribution is -2.38. The SMILES string of the molecule is Fc1ccc(OB(Oc2c(F)c(F)c(F)c3c2Cc2cccc(F)c2-3)Oc2ccc(F)c3c(F)c(F)c(F)cc23)c(F)c1F. The molecule has 5 aromatic rings. The molecule has 0 fully saturated rings. The molecular weight excluding hydrogens is 616 g/mol. The minimum Gasteiger partial charge on any atom is -0.489 e. The maximum atomic E-state index is 15.2. The van der Waals surface area contributed by atoms with Crippen molar-refractivity contribution in [1.82, 2.24) is 0 Å². The maximum absolute atomic E-state index is 15.2. The van der Waals surface area contributed by atoms with Gasteiger partial charge in [0.1, 0.15) is 28.9 Å². The van der Waals surface area contributed by atoms with E-state index in [2.05, 4.69) is 0 Å². The van der Waals surface area contributed by atoms with Crippen LogP contribution in [0.1, 0.15) is 11.1 Å². The molecule has 6 rings (SSSR count). The molecule has 15 heteroatoms. The standard InChI is InChI=1S/C29H10BF11O3/c31-13-3-1-2-10-8-12-21(19(10)13)26(39)27(40)28(41)29(12)44-30(43-18-7-5-15(33)22(35)24(18)37)42-17-6-4-14(32)20-11(17)9-16(34)23(36)25(20)38/h1-7,9H,8H2. The van der Waals surface area contributed by atoms with Crippen LogP contribution in [0.15, 0.2) is 48.5 Å². The van der Waals surface area contributed by atoms with Gasteiger partial charge in [0.15, 0.2) is 40.7 Å². The van der Waals surface area contributed by atoms with Crippen LogP contribution in [-0.4, -0.2) is 7.32 Å². The molecule has 0 unspecified atom stereocenters. The van der Waals surface area contributed by atoms with E-state index in [4.69, 9.17) is 14.0 Å². The summed E-state index contributed by atoms with van der Waals surface area (Å²) in [6.07, 6.45) is -0.437. The zero-order chi connectivity index (χ0) is 31.6. The van der Waals surface area contributed by atoms with Gasteiger partial charge in [-0.3, -0.25) is 0 Å². The van der Waals surface area contributed by atoms with Crippen LogP contribution in [0.25, 0.3) is 21.9 Å². The van der Waals surface area contributed by atoms with Gasteiger partial charge in [-0.25, -0.2) is 39.5 Å². The summed E-state index contributed by atoms with van der Waals surface area (Å²) >= 11 is 0. The van der Waals surface area contributed by atoms with E-state index < -0.39 is 122 Å². The van der Waals surface area contributed by atoms with Crippen molar-refractivity contribution < 1.29 is 62.3 Å². The normalized spacial score (nSPS) is 11.9. The van der Waals surface area contributed by atoms with Crippen molar-refractivity contribution in [1.29, 1.82) is 0 Å². The molecule has 0 bridgehead atoms. The van der Waals surface area contributed by atoms with E-state index in [1.165, 1.54) is 12.1 Å². The van der Waals surface area contributed by atoms with Crippen LogP contribution in [0, 0.1) is 64.0 Å². The minimum atomic E-state index is -2.61. The number of rotatable bonds is 6. The van der Waals surface area contributed by atoms with Gasteiger partial charge in [-0.05, 0) is 42.0 Å². The highest BCUT2D eigenvalue weighted by molar-refractivity contribution is 6.40. The lowest BCUT2D eigenvalue weighted by molar-refractivity contribution is 0.286. The van der Waals surface area contributed by atoms with E-state index in [1.807, 2.05) is 0 Å². The maximum Gasteiger partial charge on any atom is 0.864 e. The molecule has 5 aromatic carbocycles. The molecule has 3 nitrogen and oxygen atoms in total. The largest absolute Gasteiger partial charge is 0.864 e. The Morgan fingerprint density at radius 2 is 1.16 bits per heavy atom. The van der Waals surface area contributed by atoms with Crippen LogP contribution >= 0.6 is 0 Å². The monoisotopic (exact) mass is 626 g/mol. The van der Waals surface area contributed by atoms with Gasteiger partial charge in [0.2, 0.25) is 11.6 Å². The third-order valence-electron chi connectivity index (χ3n) is 6.81. The van der Waals surface area contributed by atoms with Gasteiger partial charge in [-0.15, -0.1) is 0 Å². The van der Waals surface area contributed by atoms with Crippen LogP contribution in [0.2, 0.25) is 0 Å². The fourth-order valence-corrected chi connectivity index (χ4v) is 4.85. The lowest BCUT2D eigenvalue weighted by atomic mass is 10.0. The van der Waals surface area contributed by atoms with Crippen molar-refractivity contribution in [2.24, 2.45) is 0 Å². The van der Waals surface area contributed by atoms with E-state index in [1.54, 1.807) is 0 Å². The third-order valence-corrected chi connectivity index (χ3v) is 6.81. The molecule has 0 spiro atoms. The van der Waals surface area contributed by atoms with Crippen LogP contribution in [0.3, 0.4) is 0 Å². The first-order chi connectivity index (χ1) is 20.9. The predicted octanol–water partition coefficient (Wildman–Crippen LogP) is 8.46. The molecule has 0 saturated heterocycles. The van der Waals surface area contributed by atoms with Crippen LogP contribution < -0.4 is 14.0 Å². The summed E-state index contributed by atoms with van der Waals surface area (Å²) in [5, 5.41) is -1.93. The zero-order valence-corrected chi connectivity index (χ0v) is 21.3. The summed E-state index contributed by atoms with van der Waals surface area (Å²) < 4.78 is 174. The molecule has 0 amide bonds. The topological polar surface area (TPSA) is 27.7 Å². The third kappa shape index (κ3) is 4.54. The fourth-order valence-electron chi connectivity index (χ4n) is 4.85. The summed E-state index contributed by atoms with van der Waals surface area (Å²) in [6, 6.07) is 5.98. The van der Waals surface area contributed by atoms with E-state index in [0.717, 1.165) is 6.07 Å². The van der Waals surface area contributed by atoms with Gasteiger partial charge in [-0.2, -0.15) is 8.78 Å². The molecule has 0 aromatic heterocycles. The summed E-state index contributed by atoms with van der Waals surface area (Å²) in [6.45, 7) is 0. The average molecular weight is 626 g/mol. The van der Waals surface area contributed by atoms with Crippen molar-refractivity contribution in [3.8, 4) is 28.4 Å². The molecule has 0 N–H and O–H groups in total. The highest BCUT2D eigenvalue weighted by atomic mass is 19.2. The van der Waals surface area contributed by atoms with Gasteiger partial charge in [0.25, 0.3) is 0 Å². The molecule has 0 atom stereocenters. The second-order valence-corrected chi connectivity index (χ2v) is 9.35. The number of hydrogen-bond donors (Lipinski definition) is 0. The molecule has 1 aliphatic carbocycles. The Balaban J connectivity index is 1.51. The quantitative estimate of drug-likeness (QED) is 0.106. The van der Waals surface area contributed by atoms with Crippen LogP contribution in [0.4, 0.5) is 48.3 Å². The number of benzene rings is 5. The van der Waals surface area contributed by atoms with Gasteiger partial charge in [0.05, 0.1) is 5.39 Å². The molecule has 224 valence electrons. The molecular formula is C29H10BF11O3. The predicted molar refractivity (Wildman–Crippen MR) is 132 cm³/mol. The Kier molecular flexibility index (Phi) is 7.05. The highest BCUT2D eigenvalue weighted by Crippen LogP contribution is 2.47. The van der Waals surface area contributed by atoms with E-state index in [9.17, 15) is 43.9 Å². The molecule has 0 radical (unpaired) electrons.